The van der Waals surface area contributed by atoms with Crippen molar-refractivity contribution in [1.82, 2.24) is 10.0 Å². The van der Waals surface area contributed by atoms with Crippen molar-refractivity contribution in [2.45, 2.75) is 43.9 Å². The van der Waals surface area contributed by atoms with Gasteiger partial charge in [0.05, 0.1) is 0 Å². The first-order chi connectivity index (χ1) is 8.95. The number of hydrogen-bond donors (Lipinski definition) is 2. The first-order valence-electron chi connectivity index (χ1n) is 6.74. The molecule has 1 aromatic heterocycles. The van der Waals surface area contributed by atoms with E-state index in [1.54, 1.807) is 6.07 Å². The fraction of sp³-hybridized carbons (Fsp3) is 0.692. The van der Waals surface area contributed by atoms with Crippen molar-refractivity contribution < 1.29 is 8.42 Å². The first-order valence-corrected chi connectivity index (χ1v) is 9.04. The van der Waals surface area contributed by atoms with Crippen molar-refractivity contribution in [1.29, 1.82) is 0 Å². The highest BCUT2D eigenvalue weighted by atomic mass is 32.2. The number of thiophene rings is 1. The zero-order valence-electron chi connectivity index (χ0n) is 11.5. The molecule has 0 unspecified atom stereocenters. The third kappa shape index (κ3) is 4.27. The van der Waals surface area contributed by atoms with E-state index in [-0.39, 0.29) is 5.41 Å². The van der Waals surface area contributed by atoms with Crippen LogP contribution in [0.2, 0.25) is 0 Å². The summed E-state index contributed by atoms with van der Waals surface area (Å²) in [5.41, 5.74) is 0.190. The SMILES string of the molecule is CCCNCc1ccc(S(=O)(=O)NCC2(C)CC2)s1. The average Bonchev–Trinajstić information content (AvgIpc) is 2.91. The van der Waals surface area contributed by atoms with Crippen molar-refractivity contribution in [2.75, 3.05) is 13.1 Å². The third-order valence-electron chi connectivity index (χ3n) is 3.42. The van der Waals surface area contributed by atoms with Gasteiger partial charge in [0.2, 0.25) is 10.0 Å². The van der Waals surface area contributed by atoms with E-state index in [1.165, 1.54) is 11.3 Å². The molecule has 0 atom stereocenters. The van der Waals surface area contributed by atoms with E-state index >= 15 is 0 Å². The van der Waals surface area contributed by atoms with Gasteiger partial charge in [-0.2, -0.15) is 0 Å². The predicted octanol–water partition coefficient (Wildman–Crippen LogP) is 2.33. The van der Waals surface area contributed by atoms with Gasteiger partial charge in [-0.25, -0.2) is 13.1 Å². The van der Waals surface area contributed by atoms with Gasteiger partial charge in [0.25, 0.3) is 0 Å². The van der Waals surface area contributed by atoms with Gasteiger partial charge in [-0.15, -0.1) is 11.3 Å². The van der Waals surface area contributed by atoms with Crippen molar-refractivity contribution in [2.24, 2.45) is 5.41 Å². The van der Waals surface area contributed by atoms with Crippen LogP contribution in [0.4, 0.5) is 0 Å². The van der Waals surface area contributed by atoms with Crippen LogP contribution in [-0.2, 0) is 16.6 Å². The van der Waals surface area contributed by atoms with Crippen LogP contribution in [0.3, 0.4) is 0 Å². The molecule has 1 heterocycles. The van der Waals surface area contributed by atoms with Gasteiger partial charge < -0.3 is 5.32 Å². The maximum Gasteiger partial charge on any atom is 0.250 e. The molecule has 1 aliphatic carbocycles. The van der Waals surface area contributed by atoms with Gasteiger partial charge in [-0.1, -0.05) is 13.8 Å². The number of sulfonamides is 1. The lowest BCUT2D eigenvalue weighted by Gasteiger charge is -2.09. The molecule has 1 aromatic rings. The molecular weight excluding hydrogens is 280 g/mol. The summed E-state index contributed by atoms with van der Waals surface area (Å²) in [7, 11) is -3.32. The molecule has 6 heteroatoms. The van der Waals surface area contributed by atoms with E-state index < -0.39 is 10.0 Å². The quantitative estimate of drug-likeness (QED) is 0.725. The largest absolute Gasteiger partial charge is 0.312 e. The van der Waals surface area contributed by atoms with E-state index in [4.69, 9.17) is 0 Å². The molecule has 108 valence electrons. The van der Waals surface area contributed by atoms with Gasteiger partial charge in [0.1, 0.15) is 4.21 Å². The Kier molecular flexibility index (Phi) is 4.66. The van der Waals surface area contributed by atoms with Crippen LogP contribution in [-0.4, -0.2) is 21.5 Å². The minimum Gasteiger partial charge on any atom is -0.312 e. The average molecular weight is 302 g/mol. The van der Waals surface area contributed by atoms with Crippen LogP contribution >= 0.6 is 11.3 Å². The summed E-state index contributed by atoms with van der Waals surface area (Å²) in [6, 6.07) is 3.59. The van der Waals surface area contributed by atoms with Crippen LogP contribution in [0.25, 0.3) is 0 Å². The minimum atomic E-state index is -3.32. The highest BCUT2D eigenvalue weighted by Gasteiger charge is 2.38. The Morgan fingerprint density at radius 3 is 2.74 bits per heavy atom. The second kappa shape index (κ2) is 5.91. The Morgan fingerprint density at radius 1 is 1.37 bits per heavy atom. The van der Waals surface area contributed by atoms with E-state index in [9.17, 15) is 8.42 Å². The van der Waals surface area contributed by atoms with E-state index in [0.29, 0.717) is 10.8 Å². The smallest absolute Gasteiger partial charge is 0.250 e. The topological polar surface area (TPSA) is 58.2 Å². The standard InChI is InChI=1S/C13H22N2O2S2/c1-3-8-14-9-11-4-5-12(18-11)19(16,17)15-10-13(2)6-7-13/h4-5,14-15H,3,6-10H2,1-2H3. The molecule has 0 spiro atoms. The van der Waals surface area contributed by atoms with Crippen molar-refractivity contribution in [3.05, 3.63) is 17.0 Å². The fourth-order valence-corrected chi connectivity index (χ4v) is 4.29. The molecule has 0 amide bonds. The lowest BCUT2D eigenvalue weighted by Crippen LogP contribution is -2.28. The summed E-state index contributed by atoms with van der Waals surface area (Å²) >= 11 is 1.35. The Morgan fingerprint density at radius 2 is 2.11 bits per heavy atom. The number of hydrogen-bond acceptors (Lipinski definition) is 4. The highest BCUT2D eigenvalue weighted by Crippen LogP contribution is 2.44. The van der Waals surface area contributed by atoms with Gasteiger partial charge >= 0.3 is 0 Å². The first kappa shape index (κ1) is 15.0. The van der Waals surface area contributed by atoms with E-state index in [2.05, 4.69) is 23.9 Å². The van der Waals surface area contributed by atoms with Crippen molar-refractivity contribution in [3.8, 4) is 0 Å². The van der Waals surface area contributed by atoms with Crippen molar-refractivity contribution in [3.63, 3.8) is 0 Å². The number of rotatable bonds is 8. The fourth-order valence-electron chi connectivity index (χ4n) is 1.72. The maximum atomic E-state index is 12.1. The predicted molar refractivity (Wildman–Crippen MR) is 78.8 cm³/mol. The summed E-state index contributed by atoms with van der Waals surface area (Å²) in [6.07, 6.45) is 3.31. The minimum absolute atomic E-state index is 0.190. The van der Waals surface area contributed by atoms with Gasteiger partial charge in [-0.05, 0) is 43.4 Å². The summed E-state index contributed by atoms with van der Waals surface area (Å²) < 4.78 is 27.4. The molecule has 0 bridgehead atoms. The number of nitrogens with one attached hydrogen (secondary N) is 2. The summed E-state index contributed by atoms with van der Waals surface area (Å²) in [4.78, 5) is 1.06. The molecule has 2 N–H and O–H groups in total. The molecule has 1 aliphatic rings. The van der Waals surface area contributed by atoms with Crippen LogP contribution in [0.15, 0.2) is 16.3 Å². The van der Waals surface area contributed by atoms with Gasteiger partial charge in [0.15, 0.2) is 0 Å². The second-order valence-corrected chi connectivity index (χ2v) is 8.69. The van der Waals surface area contributed by atoms with Crippen LogP contribution < -0.4 is 10.0 Å². The molecule has 19 heavy (non-hydrogen) atoms. The van der Waals surface area contributed by atoms with Crippen molar-refractivity contribution >= 4 is 21.4 Å². The molecule has 0 aliphatic heterocycles. The van der Waals surface area contributed by atoms with Crippen LogP contribution in [0.1, 0.15) is 38.0 Å². The molecule has 4 nitrogen and oxygen atoms in total. The summed E-state index contributed by atoms with van der Waals surface area (Å²) in [5.74, 6) is 0. The molecule has 0 radical (unpaired) electrons. The third-order valence-corrected chi connectivity index (χ3v) is 6.40. The van der Waals surface area contributed by atoms with Crippen LogP contribution in [0, 0.1) is 5.41 Å². The normalized spacial score (nSPS) is 17.6. The Balaban J connectivity index is 1.92. The molecule has 0 aromatic carbocycles. The lowest BCUT2D eigenvalue weighted by atomic mass is 10.2. The Bertz CT molecular complexity index is 519. The summed E-state index contributed by atoms with van der Waals surface area (Å²) in [6.45, 7) is 6.47. The maximum absolute atomic E-state index is 12.1. The highest BCUT2D eigenvalue weighted by molar-refractivity contribution is 7.91. The monoisotopic (exact) mass is 302 g/mol. The second-order valence-electron chi connectivity index (χ2n) is 5.53. The molecular formula is C13H22N2O2S2. The molecule has 1 fully saturated rings. The zero-order chi connectivity index (χ0) is 13.9. The van der Waals surface area contributed by atoms with Gasteiger partial charge in [0, 0.05) is 18.0 Å². The molecule has 0 saturated heterocycles. The molecule has 1 saturated carbocycles. The Labute approximate surface area is 119 Å². The Hall–Kier alpha value is -0.430. The lowest BCUT2D eigenvalue weighted by molar-refractivity contribution is 0.531. The van der Waals surface area contributed by atoms with Crippen LogP contribution in [0.5, 0.6) is 0 Å². The van der Waals surface area contributed by atoms with E-state index in [1.807, 2.05) is 6.07 Å². The zero-order valence-corrected chi connectivity index (χ0v) is 13.2. The summed E-state index contributed by atoms with van der Waals surface area (Å²) in [5, 5.41) is 3.28. The van der Waals surface area contributed by atoms with E-state index in [0.717, 1.165) is 37.2 Å². The molecule has 2 rings (SSSR count). The van der Waals surface area contributed by atoms with Gasteiger partial charge in [-0.3, -0.25) is 0 Å².